The van der Waals surface area contributed by atoms with Crippen LogP contribution in [0.5, 0.6) is 0 Å². The lowest BCUT2D eigenvalue weighted by molar-refractivity contribution is -0.111. The molecule has 1 N–H and O–H groups in total. The number of aromatic nitrogens is 4. The van der Waals surface area contributed by atoms with Gasteiger partial charge in [-0.05, 0) is 56.4 Å². The fourth-order valence-electron chi connectivity index (χ4n) is 5.07. The van der Waals surface area contributed by atoms with Crippen molar-refractivity contribution in [2.24, 2.45) is 5.92 Å². The second-order valence-corrected chi connectivity index (χ2v) is 9.11. The van der Waals surface area contributed by atoms with Crippen LogP contribution in [-0.4, -0.2) is 37.3 Å². The van der Waals surface area contributed by atoms with E-state index in [4.69, 9.17) is 16.1 Å². The molecule has 5 rings (SSSR count). The number of aryl methyl sites for hydroxylation is 2. The average Bonchev–Trinajstić information content (AvgIpc) is 3.15. The number of anilines is 1. The summed E-state index contributed by atoms with van der Waals surface area (Å²) in [5.41, 5.74) is 2.70. The summed E-state index contributed by atoms with van der Waals surface area (Å²) in [5.74, 6) is 1.60. The topological polar surface area (TPSA) is 97.0 Å². The van der Waals surface area contributed by atoms with Gasteiger partial charge in [0, 0.05) is 23.7 Å². The molecule has 2 fully saturated rings. The highest BCUT2D eigenvalue weighted by molar-refractivity contribution is 6.30. The van der Waals surface area contributed by atoms with Crippen molar-refractivity contribution >= 4 is 23.3 Å². The van der Waals surface area contributed by atoms with E-state index in [2.05, 4.69) is 32.6 Å². The average molecular weight is 439 g/mol. The van der Waals surface area contributed by atoms with E-state index in [9.17, 15) is 4.79 Å². The van der Waals surface area contributed by atoms with E-state index in [0.717, 1.165) is 30.4 Å². The number of likely N-dealkylation sites (tertiary alicyclic amines) is 1. The number of hydrogen-bond donors (Lipinski definition) is 1. The minimum Gasteiger partial charge on any atom is -0.337 e. The van der Waals surface area contributed by atoms with Gasteiger partial charge in [-0.15, -0.1) is 0 Å². The number of nitrogens with one attached hydrogen (secondary N) is 1. The summed E-state index contributed by atoms with van der Waals surface area (Å²) in [6.07, 6.45) is 4.13. The van der Waals surface area contributed by atoms with Crippen molar-refractivity contribution < 1.29 is 9.32 Å². The normalized spacial score (nSPS) is 24.6. The molecule has 1 aliphatic heterocycles. The Kier molecular flexibility index (Phi) is 4.69. The molecule has 2 aromatic heterocycles. The largest absolute Gasteiger partial charge is 0.337 e. The lowest BCUT2D eigenvalue weighted by atomic mass is 9.64. The number of urea groups is 1. The Labute approximate surface area is 185 Å². The predicted octanol–water partition coefficient (Wildman–Crippen LogP) is 4.73. The molecule has 8 nitrogen and oxygen atoms in total. The van der Waals surface area contributed by atoms with Crippen LogP contribution in [-0.2, 0) is 5.54 Å². The third-order valence-electron chi connectivity index (χ3n) is 6.29. The molecule has 2 bridgehead atoms. The standard InChI is InChI=1S/C22H23ClN6O2/c1-12-6-17-10-22(9-12,20-25-14(3)28-31-20)29(17)21(30)26-16-5-4-13(2)18(8-16)19-7-15(23)11-24-27-19/h4-5,7-8,11-12,17H,6,9-10H2,1-3H3,(H,26,30)/t12-,17-,22+/m0/s1. The SMILES string of the molecule is Cc1noc([C@@]23C[C@@H](C)C[C@@H](C2)N3C(=O)Nc2ccc(C)c(-c3cc(Cl)cnn3)c2)n1. The third kappa shape index (κ3) is 3.35. The van der Waals surface area contributed by atoms with Gasteiger partial charge in [0.2, 0.25) is 0 Å². The number of carbonyl (C=O) groups is 1. The number of nitrogens with zero attached hydrogens (tertiary/aromatic N) is 5. The van der Waals surface area contributed by atoms with Crippen LogP contribution < -0.4 is 5.32 Å². The van der Waals surface area contributed by atoms with Crippen molar-refractivity contribution in [3.63, 3.8) is 0 Å². The fourth-order valence-corrected chi connectivity index (χ4v) is 5.22. The van der Waals surface area contributed by atoms with E-state index in [0.29, 0.717) is 34.0 Å². The van der Waals surface area contributed by atoms with Crippen molar-refractivity contribution in [3.05, 3.63) is 52.8 Å². The molecule has 9 heteroatoms. The van der Waals surface area contributed by atoms with Gasteiger partial charge in [-0.2, -0.15) is 15.2 Å². The highest BCUT2D eigenvalue weighted by Gasteiger charge is 2.62. The Hall–Kier alpha value is -3.00. The van der Waals surface area contributed by atoms with Crippen LogP contribution in [0, 0.1) is 19.8 Å². The van der Waals surface area contributed by atoms with Crippen LogP contribution in [0.25, 0.3) is 11.3 Å². The van der Waals surface area contributed by atoms with Crippen LogP contribution in [0.4, 0.5) is 10.5 Å². The van der Waals surface area contributed by atoms with Gasteiger partial charge in [-0.1, -0.05) is 29.7 Å². The maximum Gasteiger partial charge on any atom is 0.323 e. The van der Waals surface area contributed by atoms with E-state index in [1.807, 2.05) is 30.0 Å². The lowest BCUT2D eigenvalue weighted by Crippen LogP contribution is -2.70. The molecular formula is C22H23ClN6O2. The molecule has 3 atom stereocenters. The molecular weight excluding hydrogens is 416 g/mol. The second-order valence-electron chi connectivity index (χ2n) is 8.67. The first-order valence-electron chi connectivity index (χ1n) is 10.4. The zero-order valence-corrected chi connectivity index (χ0v) is 18.3. The Morgan fingerprint density at radius 1 is 1.29 bits per heavy atom. The quantitative estimate of drug-likeness (QED) is 0.635. The molecule has 3 aromatic rings. The van der Waals surface area contributed by atoms with Crippen molar-refractivity contribution in [2.45, 2.75) is 51.6 Å². The number of rotatable bonds is 3. The Morgan fingerprint density at radius 3 is 2.87 bits per heavy atom. The predicted molar refractivity (Wildman–Crippen MR) is 116 cm³/mol. The summed E-state index contributed by atoms with van der Waals surface area (Å²) in [7, 11) is 0. The molecule has 160 valence electrons. The summed E-state index contributed by atoms with van der Waals surface area (Å²) in [6, 6.07) is 7.50. The minimum absolute atomic E-state index is 0.161. The van der Waals surface area contributed by atoms with Crippen molar-refractivity contribution in [1.82, 2.24) is 25.2 Å². The fraction of sp³-hybridized carbons (Fsp3) is 0.409. The molecule has 1 aromatic carbocycles. The van der Waals surface area contributed by atoms with Crippen molar-refractivity contribution in [3.8, 4) is 11.3 Å². The number of carbonyl (C=O) groups excluding carboxylic acids is 1. The van der Waals surface area contributed by atoms with Crippen LogP contribution >= 0.6 is 11.6 Å². The number of fused-ring (bicyclic) bond motifs is 2. The molecule has 2 aliphatic rings. The first kappa shape index (κ1) is 19.9. The smallest absolute Gasteiger partial charge is 0.323 e. The van der Waals surface area contributed by atoms with Gasteiger partial charge in [0.25, 0.3) is 5.89 Å². The number of hydrogen-bond acceptors (Lipinski definition) is 6. The zero-order valence-electron chi connectivity index (χ0n) is 17.6. The van der Waals surface area contributed by atoms with Gasteiger partial charge in [0.1, 0.15) is 5.54 Å². The first-order valence-corrected chi connectivity index (χ1v) is 10.7. The van der Waals surface area contributed by atoms with E-state index in [1.54, 1.807) is 13.0 Å². The Balaban J connectivity index is 1.43. The number of benzene rings is 1. The summed E-state index contributed by atoms with van der Waals surface area (Å²) < 4.78 is 5.52. The van der Waals surface area contributed by atoms with E-state index >= 15 is 0 Å². The summed E-state index contributed by atoms with van der Waals surface area (Å²) >= 11 is 6.08. The van der Waals surface area contributed by atoms with E-state index in [-0.39, 0.29) is 12.1 Å². The monoisotopic (exact) mass is 438 g/mol. The molecule has 2 amide bonds. The minimum atomic E-state index is -0.528. The van der Waals surface area contributed by atoms with Crippen LogP contribution in [0.2, 0.25) is 5.02 Å². The highest BCUT2D eigenvalue weighted by atomic mass is 35.5. The molecule has 3 heterocycles. The number of piperidine rings is 1. The third-order valence-corrected chi connectivity index (χ3v) is 6.50. The van der Waals surface area contributed by atoms with Crippen molar-refractivity contribution in [2.75, 3.05) is 5.32 Å². The summed E-state index contributed by atoms with van der Waals surface area (Å²) in [5, 5.41) is 15.6. The van der Waals surface area contributed by atoms with Gasteiger partial charge in [0.05, 0.1) is 16.9 Å². The summed E-state index contributed by atoms with van der Waals surface area (Å²) in [4.78, 5) is 19.7. The van der Waals surface area contributed by atoms with Crippen LogP contribution in [0.1, 0.15) is 43.5 Å². The van der Waals surface area contributed by atoms with Gasteiger partial charge < -0.3 is 14.7 Å². The van der Waals surface area contributed by atoms with Crippen molar-refractivity contribution in [1.29, 1.82) is 0 Å². The first-order chi connectivity index (χ1) is 14.9. The van der Waals surface area contributed by atoms with E-state index < -0.39 is 5.54 Å². The molecule has 31 heavy (non-hydrogen) atoms. The van der Waals surface area contributed by atoms with Crippen LogP contribution in [0.15, 0.2) is 35.0 Å². The number of amides is 2. The Morgan fingerprint density at radius 2 is 2.13 bits per heavy atom. The van der Waals surface area contributed by atoms with Gasteiger partial charge in [-0.3, -0.25) is 0 Å². The molecule has 0 spiro atoms. The van der Waals surface area contributed by atoms with E-state index in [1.165, 1.54) is 6.20 Å². The maximum atomic E-state index is 13.4. The summed E-state index contributed by atoms with van der Waals surface area (Å²) in [6.45, 7) is 5.98. The molecule has 1 saturated carbocycles. The maximum absolute atomic E-state index is 13.4. The van der Waals surface area contributed by atoms with Gasteiger partial charge in [-0.25, -0.2) is 4.79 Å². The van der Waals surface area contributed by atoms with Gasteiger partial charge >= 0.3 is 6.03 Å². The molecule has 1 saturated heterocycles. The molecule has 1 aliphatic carbocycles. The molecule has 0 unspecified atom stereocenters. The van der Waals surface area contributed by atoms with Gasteiger partial charge in [0.15, 0.2) is 5.82 Å². The number of halogens is 1. The molecule has 0 radical (unpaired) electrons. The highest BCUT2D eigenvalue weighted by Crippen LogP contribution is 2.55. The lowest BCUT2D eigenvalue weighted by Gasteiger charge is -2.61. The second kappa shape index (κ2) is 7.30. The zero-order chi connectivity index (χ0) is 21.8. The Bertz CT molecular complexity index is 1160. The van der Waals surface area contributed by atoms with Crippen LogP contribution in [0.3, 0.4) is 0 Å².